The maximum absolute atomic E-state index is 11.4. The Hall–Kier alpha value is -3.39. The van der Waals surface area contributed by atoms with Gasteiger partial charge in [-0.1, -0.05) is 60.7 Å². The molecule has 8 heteroatoms. The summed E-state index contributed by atoms with van der Waals surface area (Å²) >= 11 is 0. The van der Waals surface area contributed by atoms with Crippen molar-refractivity contribution in [1.82, 2.24) is 10.6 Å². The Morgan fingerprint density at radius 1 is 0.968 bits per heavy atom. The highest BCUT2D eigenvalue weighted by Crippen LogP contribution is 2.02. The van der Waals surface area contributed by atoms with Crippen molar-refractivity contribution in [3.8, 4) is 0 Å². The monoisotopic (exact) mass is 430 g/mol. The fourth-order valence-corrected chi connectivity index (χ4v) is 2.53. The summed E-state index contributed by atoms with van der Waals surface area (Å²) in [6, 6.07) is 18.5. The second kappa shape index (κ2) is 16.4. The molecule has 0 spiro atoms. The molecule has 0 fully saturated rings. The number of nitrogens with one attached hydrogen (secondary N) is 2. The van der Waals surface area contributed by atoms with Crippen molar-refractivity contribution in [2.75, 3.05) is 13.6 Å². The molecule has 2 aromatic rings. The van der Waals surface area contributed by atoms with E-state index < -0.39 is 18.1 Å². The van der Waals surface area contributed by atoms with E-state index >= 15 is 0 Å². The standard InChI is InChI=1S/C15H22N2O4.C8H8O2/c1-16-13(14(18)19)9-5-6-10-17-15(20)21-11-12-7-3-2-4-8-12;9-7-10-6-8-4-2-1-3-5-8/h2-4,7-8,13,16H,5-6,9-11H2,1H3,(H,17,20)(H,18,19);1-5,7H,6H2/t13-;/m0./s1. The molecule has 1 atom stereocenters. The van der Waals surface area contributed by atoms with Crippen LogP contribution in [0.1, 0.15) is 30.4 Å². The topological polar surface area (TPSA) is 114 Å². The summed E-state index contributed by atoms with van der Waals surface area (Å²) in [7, 11) is 1.62. The van der Waals surface area contributed by atoms with E-state index in [0.717, 1.165) is 17.5 Å². The quantitative estimate of drug-likeness (QED) is 0.350. The molecule has 168 valence electrons. The summed E-state index contributed by atoms with van der Waals surface area (Å²) in [5, 5.41) is 14.2. The van der Waals surface area contributed by atoms with Gasteiger partial charge in [0.05, 0.1) is 0 Å². The van der Waals surface area contributed by atoms with Crippen LogP contribution in [-0.2, 0) is 32.3 Å². The molecule has 3 N–H and O–H groups in total. The van der Waals surface area contributed by atoms with Crippen molar-refractivity contribution in [3.05, 3.63) is 71.8 Å². The van der Waals surface area contributed by atoms with Gasteiger partial charge in [-0.2, -0.15) is 0 Å². The molecule has 0 unspecified atom stereocenters. The highest BCUT2D eigenvalue weighted by molar-refractivity contribution is 5.73. The highest BCUT2D eigenvalue weighted by Gasteiger charge is 2.13. The van der Waals surface area contributed by atoms with E-state index in [0.29, 0.717) is 32.5 Å². The molecular weight excluding hydrogens is 400 g/mol. The molecule has 1 amide bonds. The van der Waals surface area contributed by atoms with Gasteiger partial charge in [0.15, 0.2) is 0 Å². The first kappa shape index (κ1) is 25.6. The van der Waals surface area contributed by atoms with Gasteiger partial charge in [-0.3, -0.25) is 9.59 Å². The van der Waals surface area contributed by atoms with Gasteiger partial charge in [0.1, 0.15) is 19.3 Å². The lowest BCUT2D eigenvalue weighted by atomic mass is 10.1. The van der Waals surface area contributed by atoms with E-state index in [1.807, 2.05) is 60.7 Å². The molecular formula is C23H30N2O6. The Labute approximate surface area is 182 Å². The minimum Gasteiger partial charge on any atom is -0.480 e. The molecule has 2 rings (SSSR count). The fourth-order valence-electron chi connectivity index (χ4n) is 2.53. The average Bonchev–Trinajstić information content (AvgIpc) is 2.80. The molecule has 0 aliphatic heterocycles. The lowest BCUT2D eigenvalue weighted by Crippen LogP contribution is -2.34. The Balaban J connectivity index is 0.000000399. The van der Waals surface area contributed by atoms with Crippen molar-refractivity contribution in [2.45, 2.75) is 38.5 Å². The summed E-state index contributed by atoms with van der Waals surface area (Å²) in [6.07, 6.45) is 1.51. The number of benzene rings is 2. The molecule has 0 heterocycles. The van der Waals surface area contributed by atoms with Gasteiger partial charge in [0.25, 0.3) is 6.47 Å². The number of rotatable bonds is 12. The molecule has 0 saturated carbocycles. The third-order valence-electron chi connectivity index (χ3n) is 4.21. The predicted molar refractivity (Wildman–Crippen MR) is 116 cm³/mol. The fraction of sp³-hybridized carbons (Fsp3) is 0.348. The summed E-state index contributed by atoms with van der Waals surface area (Å²) < 4.78 is 9.60. The Bertz CT molecular complexity index is 755. The SMILES string of the molecule is CN[C@@H](CCCCNC(=O)OCc1ccccc1)C(=O)O.O=COCc1ccccc1. The van der Waals surface area contributed by atoms with Gasteiger partial charge in [0.2, 0.25) is 0 Å². The largest absolute Gasteiger partial charge is 0.480 e. The first-order valence-electron chi connectivity index (χ1n) is 10.0. The Kier molecular flexibility index (Phi) is 13.6. The maximum atomic E-state index is 11.4. The molecule has 8 nitrogen and oxygen atoms in total. The van der Waals surface area contributed by atoms with Crippen LogP contribution < -0.4 is 10.6 Å². The zero-order valence-electron chi connectivity index (χ0n) is 17.7. The summed E-state index contributed by atoms with van der Waals surface area (Å²) in [5.41, 5.74) is 1.94. The van der Waals surface area contributed by atoms with E-state index in [2.05, 4.69) is 15.4 Å². The average molecular weight is 431 g/mol. The van der Waals surface area contributed by atoms with Crippen LogP contribution in [0.2, 0.25) is 0 Å². The lowest BCUT2D eigenvalue weighted by Gasteiger charge is -2.11. The molecule has 0 aliphatic carbocycles. The second-order valence-corrected chi connectivity index (χ2v) is 6.56. The molecule has 0 aromatic heterocycles. The number of hydrogen-bond acceptors (Lipinski definition) is 6. The van der Waals surface area contributed by atoms with Gasteiger partial charge in [-0.05, 0) is 37.4 Å². The van der Waals surface area contributed by atoms with Crippen LogP contribution in [0.25, 0.3) is 0 Å². The van der Waals surface area contributed by atoms with Crippen LogP contribution in [0.5, 0.6) is 0 Å². The van der Waals surface area contributed by atoms with Gasteiger partial charge in [0, 0.05) is 6.54 Å². The van der Waals surface area contributed by atoms with Crippen LogP contribution in [0, 0.1) is 0 Å². The van der Waals surface area contributed by atoms with E-state index in [1.165, 1.54) is 0 Å². The number of carbonyl (C=O) groups excluding carboxylic acids is 2. The van der Waals surface area contributed by atoms with Gasteiger partial charge in [-0.25, -0.2) is 4.79 Å². The first-order valence-corrected chi connectivity index (χ1v) is 10.0. The van der Waals surface area contributed by atoms with E-state index in [-0.39, 0.29) is 6.61 Å². The van der Waals surface area contributed by atoms with Crippen LogP contribution >= 0.6 is 0 Å². The van der Waals surface area contributed by atoms with Crippen molar-refractivity contribution >= 4 is 18.5 Å². The van der Waals surface area contributed by atoms with Crippen LogP contribution in [0.3, 0.4) is 0 Å². The molecule has 31 heavy (non-hydrogen) atoms. The smallest absolute Gasteiger partial charge is 0.407 e. The first-order chi connectivity index (χ1) is 15.1. The molecule has 0 radical (unpaired) electrons. The van der Waals surface area contributed by atoms with Crippen molar-refractivity contribution in [1.29, 1.82) is 0 Å². The van der Waals surface area contributed by atoms with Gasteiger partial charge in [-0.15, -0.1) is 0 Å². The number of likely N-dealkylation sites (N-methyl/N-ethyl adjacent to an activating group) is 1. The number of carbonyl (C=O) groups is 3. The number of amides is 1. The third-order valence-corrected chi connectivity index (χ3v) is 4.21. The van der Waals surface area contributed by atoms with E-state index in [4.69, 9.17) is 9.84 Å². The van der Waals surface area contributed by atoms with Crippen LogP contribution in [-0.4, -0.2) is 43.3 Å². The van der Waals surface area contributed by atoms with Crippen LogP contribution in [0.4, 0.5) is 4.79 Å². The molecule has 0 bridgehead atoms. The van der Waals surface area contributed by atoms with Gasteiger partial charge >= 0.3 is 12.1 Å². The highest BCUT2D eigenvalue weighted by atomic mass is 16.5. The summed E-state index contributed by atoms with van der Waals surface area (Å²) in [4.78, 5) is 32.0. The number of alkyl carbamates (subject to hydrolysis) is 1. The molecule has 0 saturated heterocycles. The maximum Gasteiger partial charge on any atom is 0.407 e. The minimum atomic E-state index is -0.854. The normalized spacial score (nSPS) is 10.7. The zero-order valence-corrected chi connectivity index (χ0v) is 17.7. The van der Waals surface area contributed by atoms with E-state index in [1.54, 1.807) is 7.05 Å². The molecule has 0 aliphatic rings. The number of carboxylic acid groups (broad SMARTS) is 1. The van der Waals surface area contributed by atoms with Crippen molar-refractivity contribution in [3.63, 3.8) is 0 Å². The predicted octanol–water partition coefficient (Wildman–Crippen LogP) is 3.12. The summed E-state index contributed by atoms with van der Waals surface area (Å²) in [5.74, 6) is -0.854. The van der Waals surface area contributed by atoms with Crippen LogP contribution in [0.15, 0.2) is 60.7 Å². The minimum absolute atomic E-state index is 0.244. The number of ether oxygens (including phenoxy) is 2. The van der Waals surface area contributed by atoms with E-state index in [9.17, 15) is 14.4 Å². The summed E-state index contributed by atoms with van der Waals surface area (Å²) in [6.45, 7) is 1.54. The molecule has 2 aromatic carbocycles. The Morgan fingerprint density at radius 2 is 1.55 bits per heavy atom. The second-order valence-electron chi connectivity index (χ2n) is 6.56. The Morgan fingerprint density at radius 3 is 2.06 bits per heavy atom. The lowest BCUT2D eigenvalue weighted by molar-refractivity contribution is -0.139. The number of hydrogen-bond donors (Lipinski definition) is 3. The zero-order chi connectivity index (χ0) is 22.7. The number of unbranched alkanes of at least 4 members (excludes halogenated alkanes) is 1. The number of carboxylic acids is 1. The van der Waals surface area contributed by atoms with Gasteiger partial charge < -0.3 is 25.2 Å². The van der Waals surface area contributed by atoms with Crippen molar-refractivity contribution in [2.24, 2.45) is 0 Å². The third kappa shape index (κ3) is 12.7. The number of aliphatic carboxylic acids is 1. The van der Waals surface area contributed by atoms with Crippen molar-refractivity contribution < 1.29 is 29.0 Å².